The number of aromatic nitrogens is 1. The Balaban J connectivity index is 3.23. The lowest BCUT2D eigenvalue weighted by Crippen LogP contribution is -2.08. The van der Waals surface area contributed by atoms with Gasteiger partial charge in [-0.05, 0) is 18.6 Å². The number of carboxylic acid groups (broad SMARTS) is 1. The molecule has 0 radical (unpaired) electrons. The van der Waals surface area contributed by atoms with Crippen LogP contribution in [0.4, 0.5) is 0 Å². The summed E-state index contributed by atoms with van der Waals surface area (Å²) in [5.74, 6) is -1.46. The zero-order chi connectivity index (χ0) is 10.0. The van der Waals surface area contributed by atoms with E-state index in [1.165, 1.54) is 0 Å². The van der Waals surface area contributed by atoms with Gasteiger partial charge in [0.1, 0.15) is 4.64 Å². The summed E-state index contributed by atoms with van der Waals surface area (Å²) in [4.78, 5) is 14.0. The molecule has 2 N–H and O–H groups in total. The van der Waals surface area contributed by atoms with Gasteiger partial charge in [-0.15, -0.1) is 12.6 Å². The second-order valence-corrected chi connectivity index (χ2v) is 3.53. The molecule has 0 spiro atoms. The molecule has 0 aliphatic heterocycles. The van der Waals surface area contributed by atoms with E-state index in [0.29, 0.717) is 15.1 Å². The second kappa shape index (κ2) is 3.93. The van der Waals surface area contributed by atoms with Gasteiger partial charge < -0.3 is 10.1 Å². The molecule has 0 saturated carbocycles. The summed E-state index contributed by atoms with van der Waals surface area (Å²) in [5.41, 5.74) is 0.639. The van der Waals surface area contributed by atoms with Crippen LogP contribution in [-0.2, 0) is 4.79 Å². The first-order valence-corrected chi connectivity index (χ1v) is 4.53. The number of hydrogen-bond donors (Lipinski definition) is 3. The van der Waals surface area contributed by atoms with E-state index in [1.807, 2.05) is 0 Å². The molecule has 0 amide bonds. The van der Waals surface area contributed by atoms with Gasteiger partial charge in [0.2, 0.25) is 0 Å². The van der Waals surface area contributed by atoms with Gasteiger partial charge in [0.15, 0.2) is 0 Å². The average Bonchev–Trinajstić information content (AvgIpc) is 2.08. The van der Waals surface area contributed by atoms with Crippen molar-refractivity contribution in [2.24, 2.45) is 0 Å². The number of carboxylic acids is 1. The van der Waals surface area contributed by atoms with Gasteiger partial charge in [0.25, 0.3) is 0 Å². The predicted octanol–water partition coefficient (Wildman–Crippen LogP) is 2.22. The first-order chi connectivity index (χ1) is 6.04. The highest BCUT2D eigenvalue weighted by Crippen LogP contribution is 2.22. The van der Waals surface area contributed by atoms with E-state index in [0.717, 1.165) is 0 Å². The van der Waals surface area contributed by atoms with Gasteiger partial charge in [-0.3, -0.25) is 4.79 Å². The number of carbonyl (C=O) groups is 1. The number of pyridine rings is 1. The highest BCUT2D eigenvalue weighted by molar-refractivity contribution is 7.81. The SMILES string of the molecule is CC(C(=O)O)c1cc[nH]c(=S)c1S. The van der Waals surface area contributed by atoms with Crippen LogP contribution in [0.5, 0.6) is 0 Å². The maximum Gasteiger partial charge on any atom is 0.310 e. The Kier molecular flexibility index (Phi) is 3.11. The number of thiol groups is 1. The summed E-state index contributed by atoms with van der Waals surface area (Å²) in [6, 6.07) is 1.68. The molecule has 0 aliphatic carbocycles. The first kappa shape index (κ1) is 10.3. The number of H-pyrrole nitrogens is 1. The molecule has 5 heteroatoms. The minimum atomic E-state index is -0.879. The van der Waals surface area contributed by atoms with Gasteiger partial charge in [0, 0.05) is 11.1 Å². The molecule has 0 saturated heterocycles. The van der Waals surface area contributed by atoms with E-state index >= 15 is 0 Å². The summed E-state index contributed by atoms with van der Waals surface area (Å²) in [7, 11) is 0. The second-order valence-electron chi connectivity index (χ2n) is 2.67. The quantitative estimate of drug-likeness (QED) is 0.524. The molecule has 1 atom stereocenters. The maximum atomic E-state index is 10.7. The molecule has 0 aliphatic rings. The molecule has 1 aromatic rings. The molecule has 70 valence electrons. The molecule has 0 fully saturated rings. The van der Waals surface area contributed by atoms with Crippen molar-refractivity contribution in [1.29, 1.82) is 0 Å². The number of nitrogens with one attached hydrogen (secondary N) is 1. The number of rotatable bonds is 2. The predicted molar refractivity (Wildman–Crippen MR) is 54.9 cm³/mol. The van der Waals surface area contributed by atoms with Crippen LogP contribution in [0.15, 0.2) is 17.2 Å². The Labute approximate surface area is 86.2 Å². The molecule has 1 rings (SSSR count). The van der Waals surface area contributed by atoms with E-state index in [2.05, 4.69) is 17.6 Å². The van der Waals surface area contributed by atoms with Crippen LogP contribution in [0.3, 0.4) is 0 Å². The lowest BCUT2D eigenvalue weighted by molar-refractivity contribution is -0.138. The number of hydrogen-bond acceptors (Lipinski definition) is 3. The van der Waals surface area contributed by atoms with Crippen molar-refractivity contribution in [1.82, 2.24) is 4.98 Å². The molecule has 1 heterocycles. The van der Waals surface area contributed by atoms with Crippen molar-refractivity contribution in [3.63, 3.8) is 0 Å². The minimum Gasteiger partial charge on any atom is -0.481 e. The summed E-state index contributed by atoms with van der Waals surface area (Å²) in [6.45, 7) is 1.60. The Bertz CT molecular complexity index is 386. The minimum absolute atomic E-state index is 0.467. The van der Waals surface area contributed by atoms with E-state index in [9.17, 15) is 4.79 Å². The van der Waals surface area contributed by atoms with Crippen LogP contribution in [0.2, 0.25) is 0 Å². The average molecular weight is 215 g/mol. The topological polar surface area (TPSA) is 53.1 Å². The third kappa shape index (κ3) is 2.10. The largest absolute Gasteiger partial charge is 0.481 e. The van der Waals surface area contributed by atoms with Crippen LogP contribution >= 0.6 is 24.8 Å². The Morgan fingerprint density at radius 2 is 2.38 bits per heavy atom. The summed E-state index contributed by atoms with van der Waals surface area (Å²) in [5, 5.41) is 8.77. The van der Waals surface area contributed by atoms with Crippen molar-refractivity contribution < 1.29 is 9.90 Å². The normalized spacial score (nSPS) is 12.5. The van der Waals surface area contributed by atoms with Crippen molar-refractivity contribution in [3.05, 3.63) is 22.5 Å². The molecule has 1 unspecified atom stereocenters. The van der Waals surface area contributed by atoms with Crippen molar-refractivity contribution in [2.75, 3.05) is 0 Å². The van der Waals surface area contributed by atoms with Crippen LogP contribution in [0, 0.1) is 4.64 Å². The van der Waals surface area contributed by atoms with Gasteiger partial charge in [-0.1, -0.05) is 12.2 Å². The van der Waals surface area contributed by atoms with Crippen LogP contribution in [0.25, 0.3) is 0 Å². The highest BCUT2D eigenvalue weighted by Gasteiger charge is 2.16. The lowest BCUT2D eigenvalue weighted by Gasteiger charge is -2.08. The Hall–Kier alpha value is -0.810. The monoisotopic (exact) mass is 215 g/mol. The van der Waals surface area contributed by atoms with Crippen LogP contribution in [0.1, 0.15) is 18.4 Å². The molecule has 13 heavy (non-hydrogen) atoms. The molecule has 1 aromatic heterocycles. The molecule has 0 bridgehead atoms. The maximum absolute atomic E-state index is 10.7. The third-order valence-corrected chi connectivity index (χ3v) is 2.76. The smallest absolute Gasteiger partial charge is 0.310 e. The van der Waals surface area contributed by atoms with Gasteiger partial charge in [-0.25, -0.2) is 0 Å². The van der Waals surface area contributed by atoms with Crippen LogP contribution < -0.4 is 0 Å². The van der Waals surface area contributed by atoms with E-state index in [4.69, 9.17) is 17.3 Å². The molecular formula is C8H9NO2S2. The van der Waals surface area contributed by atoms with Gasteiger partial charge >= 0.3 is 5.97 Å². The van der Waals surface area contributed by atoms with Gasteiger partial charge in [-0.2, -0.15) is 0 Å². The van der Waals surface area contributed by atoms with Crippen LogP contribution in [-0.4, -0.2) is 16.1 Å². The summed E-state index contributed by atoms with van der Waals surface area (Å²) >= 11 is 9.07. The molecular weight excluding hydrogens is 206 g/mol. The zero-order valence-electron chi connectivity index (χ0n) is 6.94. The number of aliphatic carboxylic acids is 1. The highest BCUT2D eigenvalue weighted by atomic mass is 32.1. The molecule has 0 aromatic carbocycles. The van der Waals surface area contributed by atoms with Crippen molar-refractivity contribution >= 4 is 30.8 Å². The van der Waals surface area contributed by atoms with Crippen molar-refractivity contribution in [2.45, 2.75) is 17.7 Å². The fraction of sp³-hybridized carbons (Fsp3) is 0.250. The first-order valence-electron chi connectivity index (χ1n) is 3.67. The third-order valence-electron chi connectivity index (χ3n) is 1.80. The standard InChI is InChI=1S/C8H9NO2S2/c1-4(8(10)11)5-2-3-9-7(13)6(5)12/h2-4,12H,1H3,(H,9,13)(H,10,11). The number of aromatic amines is 1. The van der Waals surface area contributed by atoms with E-state index in [1.54, 1.807) is 19.2 Å². The van der Waals surface area contributed by atoms with E-state index in [-0.39, 0.29) is 0 Å². The Morgan fingerprint density at radius 3 is 2.92 bits per heavy atom. The van der Waals surface area contributed by atoms with Crippen molar-refractivity contribution in [3.8, 4) is 0 Å². The lowest BCUT2D eigenvalue weighted by atomic mass is 10.0. The fourth-order valence-electron chi connectivity index (χ4n) is 0.968. The summed E-state index contributed by atoms with van der Waals surface area (Å²) in [6.07, 6.45) is 1.62. The molecule has 3 nitrogen and oxygen atoms in total. The summed E-state index contributed by atoms with van der Waals surface area (Å²) < 4.78 is 0.467. The van der Waals surface area contributed by atoms with Gasteiger partial charge in [0.05, 0.1) is 5.92 Å². The fourth-order valence-corrected chi connectivity index (χ4v) is 1.49. The van der Waals surface area contributed by atoms with E-state index < -0.39 is 11.9 Å². The Morgan fingerprint density at radius 1 is 1.77 bits per heavy atom. The zero-order valence-corrected chi connectivity index (χ0v) is 8.65.